The van der Waals surface area contributed by atoms with Crippen molar-refractivity contribution in [1.82, 2.24) is 5.32 Å². The maximum atomic E-state index is 11.9. The largest absolute Gasteiger partial charge is 0.378 e. The number of ether oxygens (including phenoxy) is 1. The van der Waals surface area contributed by atoms with Gasteiger partial charge in [-0.1, -0.05) is 11.6 Å². The molecule has 0 aliphatic carbocycles. The van der Waals surface area contributed by atoms with Crippen molar-refractivity contribution in [3.8, 4) is 6.07 Å². The van der Waals surface area contributed by atoms with Crippen molar-refractivity contribution in [3.63, 3.8) is 0 Å². The van der Waals surface area contributed by atoms with Gasteiger partial charge in [-0.05, 0) is 18.2 Å². The van der Waals surface area contributed by atoms with Crippen LogP contribution in [0, 0.1) is 11.3 Å². The summed E-state index contributed by atoms with van der Waals surface area (Å²) in [6, 6.07) is 6.35. The number of halogens is 1. The van der Waals surface area contributed by atoms with Gasteiger partial charge in [-0.3, -0.25) is 4.79 Å². The van der Waals surface area contributed by atoms with Gasteiger partial charge in [0.1, 0.15) is 6.04 Å². The molecule has 1 unspecified atom stereocenters. The molecule has 0 saturated carbocycles. The standard InChI is InChI=1S/C12H12ClN3O2/c13-9-5-8(6-14)1-2-10(9)16-12(17)11-7-18-4-3-15-11/h1-2,5,11,15H,3-4,7H2,(H,16,17). The predicted octanol–water partition coefficient (Wildman–Crippen LogP) is 1.14. The van der Waals surface area contributed by atoms with E-state index in [1.165, 1.54) is 6.07 Å². The van der Waals surface area contributed by atoms with Crippen molar-refractivity contribution in [2.24, 2.45) is 0 Å². The zero-order valence-corrected chi connectivity index (χ0v) is 10.3. The number of amides is 1. The molecule has 1 heterocycles. The van der Waals surface area contributed by atoms with Crippen molar-refractivity contribution >= 4 is 23.2 Å². The first-order valence-corrected chi connectivity index (χ1v) is 5.90. The molecule has 1 aromatic rings. The van der Waals surface area contributed by atoms with Gasteiger partial charge in [0.05, 0.1) is 35.6 Å². The summed E-state index contributed by atoms with van der Waals surface area (Å²) in [5.41, 5.74) is 0.949. The summed E-state index contributed by atoms with van der Waals surface area (Å²) < 4.78 is 5.21. The predicted molar refractivity (Wildman–Crippen MR) is 67.4 cm³/mol. The van der Waals surface area contributed by atoms with Crippen LogP contribution in [-0.2, 0) is 9.53 Å². The molecule has 94 valence electrons. The molecule has 1 saturated heterocycles. The Morgan fingerprint density at radius 2 is 2.44 bits per heavy atom. The van der Waals surface area contributed by atoms with E-state index in [-0.39, 0.29) is 11.9 Å². The molecular weight excluding hydrogens is 254 g/mol. The van der Waals surface area contributed by atoms with Crippen LogP contribution < -0.4 is 10.6 Å². The van der Waals surface area contributed by atoms with Gasteiger partial charge in [-0.15, -0.1) is 0 Å². The monoisotopic (exact) mass is 265 g/mol. The van der Waals surface area contributed by atoms with Crippen molar-refractivity contribution < 1.29 is 9.53 Å². The summed E-state index contributed by atoms with van der Waals surface area (Å²) in [5.74, 6) is -0.193. The molecule has 1 aliphatic heterocycles. The first kappa shape index (κ1) is 12.8. The molecular formula is C12H12ClN3O2. The maximum Gasteiger partial charge on any atom is 0.243 e. The Morgan fingerprint density at radius 1 is 1.61 bits per heavy atom. The highest BCUT2D eigenvalue weighted by Gasteiger charge is 2.21. The molecule has 2 rings (SSSR count). The second-order valence-electron chi connectivity index (χ2n) is 3.88. The van der Waals surface area contributed by atoms with E-state index < -0.39 is 0 Å². The van der Waals surface area contributed by atoms with Gasteiger partial charge in [-0.2, -0.15) is 5.26 Å². The molecule has 0 spiro atoms. The molecule has 5 nitrogen and oxygen atoms in total. The first-order chi connectivity index (χ1) is 8.70. The second kappa shape index (κ2) is 5.83. The third-order valence-corrected chi connectivity index (χ3v) is 2.91. The Kier molecular flexibility index (Phi) is 4.15. The fraction of sp³-hybridized carbons (Fsp3) is 0.333. The lowest BCUT2D eigenvalue weighted by atomic mass is 10.2. The van der Waals surface area contributed by atoms with E-state index >= 15 is 0 Å². The minimum Gasteiger partial charge on any atom is -0.378 e. The number of carbonyl (C=O) groups is 1. The van der Waals surface area contributed by atoms with Crippen molar-refractivity contribution in [1.29, 1.82) is 5.26 Å². The average Bonchev–Trinajstić information content (AvgIpc) is 2.42. The quantitative estimate of drug-likeness (QED) is 0.841. The lowest BCUT2D eigenvalue weighted by Gasteiger charge is -2.23. The molecule has 0 radical (unpaired) electrons. The van der Waals surface area contributed by atoms with Crippen LogP contribution in [0.25, 0.3) is 0 Å². The number of hydrogen-bond donors (Lipinski definition) is 2. The van der Waals surface area contributed by atoms with Crippen LogP contribution in [0.5, 0.6) is 0 Å². The summed E-state index contributed by atoms with van der Waals surface area (Å²) in [6.45, 7) is 1.61. The van der Waals surface area contributed by atoms with E-state index in [2.05, 4.69) is 10.6 Å². The number of carbonyl (C=O) groups excluding carboxylic acids is 1. The number of nitrogens with zero attached hydrogens (tertiary/aromatic N) is 1. The third-order valence-electron chi connectivity index (χ3n) is 2.59. The Morgan fingerprint density at radius 3 is 3.06 bits per heavy atom. The van der Waals surface area contributed by atoms with Gasteiger partial charge in [-0.25, -0.2) is 0 Å². The van der Waals surface area contributed by atoms with Gasteiger partial charge in [0.2, 0.25) is 5.91 Å². The summed E-state index contributed by atoms with van der Waals surface area (Å²) >= 11 is 5.97. The van der Waals surface area contributed by atoms with E-state index in [0.717, 1.165) is 0 Å². The van der Waals surface area contributed by atoms with E-state index in [4.69, 9.17) is 21.6 Å². The van der Waals surface area contributed by atoms with Gasteiger partial charge >= 0.3 is 0 Å². The molecule has 0 bridgehead atoms. The lowest BCUT2D eigenvalue weighted by molar-refractivity contribution is -0.120. The lowest BCUT2D eigenvalue weighted by Crippen LogP contribution is -2.48. The minimum atomic E-state index is -0.370. The van der Waals surface area contributed by atoms with E-state index in [0.29, 0.717) is 36.0 Å². The Labute approximate surface area is 110 Å². The number of nitrogens with one attached hydrogen (secondary N) is 2. The summed E-state index contributed by atoms with van der Waals surface area (Å²) in [4.78, 5) is 11.9. The van der Waals surface area contributed by atoms with Crippen LogP contribution in [0.1, 0.15) is 5.56 Å². The van der Waals surface area contributed by atoms with Crippen molar-refractivity contribution in [2.75, 3.05) is 25.1 Å². The summed E-state index contributed by atoms with van der Waals surface area (Å²) in [5, 5.41) is 14.8. The summed E-state index contributed by atoms with van der Waals surface area (Å²) in [6.07, 6.45) is 0. The van der Waals surface area contributed by atoms with Crippen LogP contribution >= 0.6 is 11.6 Å². The number of rotatable bonds is 2. The molecule has 1 aromatic carbocycles. The summed E-state index contributed by atoms with van der Waals surface area (Å²) in [7, 11) is 0. The maximum absolute atomic E-state index is 11.9. The zero-order chi connectivity index (χ0) is 13.0. The van der Waals surface area contributed by atoms with Crippen LogP contribution in [0.15, 0.2) is 18.2 Å². The highest BCUT2D eigenvalue weighted by Crippen LogP contribution is 2.22. The highest BCUT2D eigenvalue weighted by molar-refractivity contribution is 6.33. The van der Waals surface area contributed by atoms with Crippen molar-refractivity contribution in [3.05, 3.63) is 28.8 Å². The Hall–Kier alpha value is -1.61. The molecule has 1 amide bonds. The highest BCUT2D eigenvalue weighted by atomic mass is 35.5. The minimum absolute atomic E-state index is 0.193. The normalized spacial score (nSPS) is 19.0. The Balaban J connectivity index is 2.04. The topological polar surface area (TPSA) is 74.2 Å². The third kappa shape index (κ3) is 2.99. The van der Waals surface area contributed by atoms with E-state index in [1.54, 1.807) is 12.1 Å². The number of nitriles is 1. The number of morpholine rings is 1. The molecule has 1 atom stereocenters. The second-order valence-corrected chi connectivity index (χ2v) is 4.28. The smallest absolute Gasteiger partial charge is 0.243 e. The SMILES string of the molecule is N#Cc1ccc(NC(=O)C2COCCN2)c(Cl)c1. The molecule has 0 aromatic heterocycles. The molecule has 2 N–H and O–H groups in total. The fourth-order valence-corrected chi connectivity index (χ4v) is 1.87. The Bertz CT molecular complexity index is 493. The molecule has 18 heavy (non-hydrogen) atoms. The van der Waals surface area contributed by atoms with Gasteiger partial charge < -0.3 is 15.4 Å². The van der Waals surface area contributed by atoms with Gasteiger partial charge in [0.25, 0.3) is 0 Å². The van der Waals surface area contributed by atoms with Gasteiger partial charge in [0, 0.05) is 6.54 Å². The van der Waals surface area contributed by atoms with Crippen LogP contribution in [0.3, 0.4) is 0 Å². The van der Waals surface area contributed by atoms with Crippen LogP contribution in [-0.4, -0.2) is 31.7 Å². The number of benzene rings is 1. The number of anilines is 1. The van der Waals surface area contributed by atoms with E-state index in [1.807, 2.05) is 6.07 Å². The van der Waals surface area contributed by atoms with Crippen LogP contribution in [0.4, 0.5) is 5.69 Å². The molecule has 6 heteroatoms. The molecule has 1 fully saturated rings. The van der Waals surface area contributed by atoms with Crippen LogP contribution in [0.2, 0.25) is 5.02 Å². The average molecular weight is 266 g/mol. The first-order valence-electron chi connectivity index (χ1n) is 5.52. The van der Waals surface area contributed by atoms with Crippen molar-refractivity contribution in [2.45, 2.75) is 6.04 Å². The van der Waals surface area contributed by atoms with Gasteiger partial charge in [0.15, 0.2) is 0 Å². The number of hydrogen-bond acceptors (Lipinski definition) is 4. The molecule has 1 aliphatic rings. The fourth-order valence-electron chi connectivity index (χ4n) is 1.64. The van der Waals surface area contributed by atoms with E-state index in [9.17, 15) is 4.79 Å². The zero-order valence-electron chi connectivity index (χ0n) is 9.57.